The van der Waals surface area contributed by atoms with E-state index in [0.717, 1.165) is 22.5 Å². The summed E-state index contributed by atoms with van der Waals surface area (Å²) in [6.45, 7) is 5.31. The molecule has 1 amide bonds. The molecule has 29 heavy (non-hydrogen) atoms. The lowest BCUT2D eigenvalue weighted by Gasteiger charge is -2.31. The Morgan fingerprint density at radius 1 is 1.10 bits per heavy atom. The Morgan fingerprint density at radius 2 is 1.83 bits per heavy atom. The molecule has 0 atom stereocenters. The first-order chi connectivity index (χ1) is 14.1. The van der Waals surface area contributed by atoms with E-state index >= 15 is 0 Å². The lowest BCUT2D eigenvalue weighted by atomic mass is 9.96. The smallest absolute Gasteiger partial charge is 0.309 e. The highest BCUT2D eigenvalue weighted by Gasteiger charge is 2.28. The van der Waals surface area contributed by atoms with Gasteiger partial charge < -0.3 is 9.64 Å². The Kier molecular flexibility index (Phi) is 5.34. The molecule has 150 valence electrons. The Labute approximate surface area is 170 Å². The average molecular weight is 391 g/mol. The number of esters is 1. The number of fused-ring (bicyclic) bond motifs is 1. The van der Waals surface area contributed by atoms with Crippen molar-refractivity contribution >= 4 is 22.9 Å². The van der Waals surface area contributed by atoms with E-state index in [1.54, 1.807) is 0 Å². The highest BCUT2D eigenvalue weighted by atomic mass is 16.5. The van der Waals surface area contributed by atoms with Gasteiger partial charge in [-0.3, -0.25) is 14.2 Å². The first-order valence-corrected chi connectivity index (χ1v) is 10.1. The van der Waals surface area contributed by atoms with Gasteiger partial charge in [0.15, 0.2) is 0 Å². The van der Waals surface area contributed by atoms with Crippen LogP contribution < -0.4 is 0 Å². The Bertz CT molecular complexity index is 1030. The van der Waals surface area contributed by atoms with Crippen LogP contribution in [-0.4, -0.2) is 46.0 Å². The highest BCUT2D eigenvalue weighted by Crippen LogP contribution is 2.24. The summed E-state index contributed by atoms with van der Waals surface area (Å²) in [6.07, 6.45) is 1.29. The van der Waals surface area contributed by atoms with Crippen molar-refractivity contribution in [1.82, 2.24) is 14.5 Å². The number of likely N-dealkylation sites (tertiary alicyclic amines) is 1. The number of para-hydroxylation sites is 1. The zero-order valence-corrected chi connectivity index (χ0v) is 16.8. The molecule has 6 heteroatoms. The van der Waals surface area contributed by atoms with E-state index < -0.39 is 0 Å². The quantitative estimate of drug-likeness (QED) is 0.636. The first kappa shape index (κ1) is 19.2. The molecular weight excluding hydrogens is 366 g/mol. The summed E-state index contributed by atoms with van der Waals surface area (Å²) in [7, 11) is 0. The molecule has 2 aromatic carbocycles. The van der Waals surface area contributed by atoms with E-state index in [0.29, 0.717) is 38.1 Å². The largest absolute Gasteiger partial charge is 0.466 e. The topological polar surface area (TPSA) is 64.4 Å². The van der Waals surface area contributed by atoms with Gasteiger partial charge in [0.1, 0.15) is 5.82 Å². The standard InChI is InChI=1S/C23H25N3O3/c1-3-29-23(28)17-11-13-25(14-12-17)22(27)18-9-10-21-20(15-18)24-16(2)26(21)19-7-5-4-6-8-19/h4-10,15,17H,3,11-14H2,1-2H3. The number of nitrogens with zero attached hydrogens (tertiary/aromatic N) is 3. The molecule has 0 aliphatic carbocycles. The molecule has 1 fully saturated rings. The number of aryl methyl sites for hydroxylation is 1. The van der Waals surface area contributed by atoms with Crippen LogP contribution in [0.25, 0.3) is 16.7 Å². The van der Waals surface area contributed by atoms with Crippen molar-refractivity contribution in [2.24, 2.45) is 5.92 Å². The highest BCUT2D eigenvalue weighted by molar-refractivity contribution is 5.97. The number of carbonyl (C=O) groups excluding carboxylic acids is 2. The van der Waals surface area contributed by atoms with E-state index in [1.807, 2.05) is 67.3 Å². The number of hydrogen-bond acceptors (Lipinski definition) is 4. The number of aromatic nitrogens is 2. The van der Waals surface area contributed by atoms with Crippen LogP contribution in [0.1, 0.15) is 35.9 Å². The number of benzene rings is 2. The van der Waals surface area contributed by atoms with E-state index in [2.05, 4.69) is 9.55 Å². The van der Waals surface area contributed by atoms with Crippen LogP contribution in [0.5, 0.6) is 0 Å². The molecule has 1 aromatic heterocycles. The fraction of sp³-hybridized carbons (Fsp3) is 0.348. The van der Waals surface area contributed by atoms with Crippen molar-refractivity contribution in [3.63, 3.8) is 0 Å². The SMILES string of the molecule is CCOC(=O)C1CCN(C(=O)c2ccc3c(c2)nc(C)n3-c2ccccc2)CC1. The molecule has 0 saturated carbocycles. The van der Waals surface area contributed by atoms with Crippen molar-refractivity contribution in [3.8, 4) is 5.69 Å². The molecule has 0 unspecified atom stereocenters. The predicted octanol–water partition coefficient (Wildman–Crippen LogP) is 3.75. The monoisotopic (exact) mass is 391 g/mol. The average Bonchev–Trinajstić information content (AvgIpc) is 3.09. The van der Waals surface area contributed by atoms with Crippen LogP contribution in [0.3, 0.4) is 0 Å². The fourth-order valence-corrected chi connectivity index (χ4v) is 4.00. The second kappa shape index (κ2) is 8.07. The van der Waals surface area contributed by atoms with E-state index in [1.165, 1.54) is 0 Å². The van der Waals surface area contributed by atoms with Gasteiger partial charge in [0, 0.05) is 24.3 Å². The van der Waals surface area contributed by atoms with Crippen molar-refractivity contribution in [1.29, 1.82) is 0 Å². The number of carbonyl (C=O) groups is 2. The number of ether oxygens (including phenoxy) is 1. The second-order valence-corrected chi connectivity index (χ2v) is 7.35. The first-order valence-electron chi connectivity index (χ1n) is 10.1. The maximum Gasteiger partial charge on any atom is 0.309 e. The molecule has 4 rings (SSSR count). The van der Waals surface area contributed by atoms with Gasteiger partial charge in [0.25, 0.3) is 5.91 Å². The van der Waals surface area contributed by atoms with Crippen molar-refractivity contribution in [2.75, 3.05) is 19.7 Å². The minimum atomic E-state index is -0.150. The van der Waals surface area contributed by atoms with Crippen molar-refractivity contribution < 1.29 is 14.3 Å². The van der Waals surface area contributed by atoms with Crippen LogP contribution >= 0.6 is 0 Å². The lowest BCUT2D eigenvalue weighted by molar-refractivity contribution is -0.149. The zero-order chi connectivity index (χ0) is 20.4. The molecule has 1 aliphatic heterocycles. The van der Waals surface area contributed by atoms with Gasteiger partial charge in [-0.2, -0.15) is 0 Å². The molecule has 0 bridgehead atoms. The predicted molar refractivity (Wildman–Crippen MR) is 111 cm³/mol. The Balaban J connectivity index is 1.53. The molecule has 1 aliphatic rings. The number of piperidine rings is 1. The van der Waals surface area contributed by atoms with Crippen molar-refractivity contribution in [3.05, 3.63) is 59.9 Å². The molecule has 3 aromatic rings. The summed E-state index contributed by atoms with van der Waals surface area (Å²) >= 11 is 0. The van der Waals surface area contributed by atoms with Gasteiger partial charge in [0.2, 0.25) is 0 Å². The van der Waals surface area contributed by atoms with Gasteiger partial charge in [-0.15, -0.1) is 0 Å². The maximum absolute atomic E-state index is 13.0. The molecular formula is C23H25N3O3. The van der Waals surface area contributed by atoms with Crippen LogP contribution in [0.15, 0.2) is 48.5 Å². The summed E-state index contributed by atoms with van der Waals surface area (Å²) < 4.78 is 7.20. The summed E-state index contributed by atoms with van der Waals surface area (Å²) in [5.41, 5.74) is 3.46. The van der Waals surface area contributed by atoms with Gasteiger partial charge in [-0.25, -0.2) is 4.98 Å². The zero-order valence-electron chi connectivity index (χ0n) is 16.8. The molecule has 6 nitrogen and oxygen atoms in total. The fourth-order valence-electron chi connectivity index (χ4n) is 4.00. The summed E-state index contributed by atoms with van der Waals surface area (Å²) in [4.78, 5) is 31.4. The van der Waals surface area contributed by atoms with E-state index in [9.17, 15) is 9.59 Å². The third kappa shape index (κ3) is 3.75. The van der Waals surface area contributed by atoms with E-state index in [-0.39, 0.29) is 17.8 Å². The van der Waals surface area contributed by atoms with Crippen LogP contribution in [0, 0.1) is 12.8 Å². The van der Waals surface area contributed by atoms with Crippen LogP contribution in [-0.2, 0) is 9.53 Å². The molecule has 0 N–H and O–H groups in total. The van der Waals surface area contributed by atoms with E-state index in [4.69, 9.17) is 4.74 Å². The summed E-state index contributed by atoms with van der Waals surface area (Å²) in [6, 6.07) is 15.8. The number of hydrogen-bond donors (Lipinski definition) is 0. The summed E-state index contributed by atoms with van der Waals surface area (Å²) in [5, 5.41) is 0. The number of amides is 1. The minimum absolute atomic E-state index is 0.0128. The third-order valence-electron chi connectivity index (χ3n) is 5.49. The summed E-state index contributed by atoms with van der Waals surface area (Å²) in [5.74, 6) is 0.612. The molecule has 1 saturated heterocycles. The molecule has 0 radical (unpaired) electrons. The Morgan fingerprint density at radius 3 is 2.52 bits per heavy atom. The normalized spacial score (nSPS) is 14.9. The van der Waals surface area contributed by atoms with Crippen LogP contribution in [0.2, 0.25) is 0 Å². The molecule has 0 spiro atoms. The van der Waals surface area contributed by atoms with Gasteiger partial charge in [-0.05, 0) is 57.0 Å². The third-order valence-corrected chi connectivity index (χ3v) is 5.49. The lowest BCUT2D eigenvalue weighted by Crippen LogP contribution is -2.40. The maximum atomic E-state index is 13.0. The van der Waals surface area contributed by atoms with Gasteiger partial charge in [0.05, 0.1) is 23.6 Å². The van der Waals surface area contributed by atoms with Crippen LogP contribution in [0.4, 0.5) is 0 Å². The van der Waals surface area contributed by atoms with Crippen molar-refractivity contribution in [2.45, 2.75) is 26.7 Å². The van der Waals surface area contributed by atoms with Gasteiger partial charge in [-0.1, -0.05) is 18.2 Å². The number of imidazole rings is 1. The number of rotatable bonds is 4. The van der Waals surface area contributed by atoms with Gasteiger partial charge >= 0.3 is 5.97 Å². The minimum Gasteiger partial charge on any atom is -0.466 e. The molecule has 2 heterocycles. The second-order valence-electron chi connectivity index (χ2n) is 7.35. The Hall–Kier alpha value is -3.15.